The second kappa shape index (κ2) is 10.4. The Kier molecular flexibility index (Phi) is 9.00. The van der Waals surface area contributed by atoms with Gasteiger partial charge in [0.05, 0.1) is 32.7 Å². The molecule has 33 heavy (non-hydrogen) atoms. The highest BCUT2D eigenvalue weighted by molar-refractivity contribution is 6.25. The summed E-state index contributed by atoms with van der Waals surface area (Å²) in [6.07, 6.45) is 0.711. The average Bonchev–Trinajstić information content (AvgIpc) is 2.64. The number of hydrogen-bond acceptors (Lipinski definition) is 2. The summed E-state index contributed by atoms with van der Waals surface area (Å²) in [5.41, 5.74) is 3.88. The predicted octanol–water partition coefficient (Wildman–Crippen LogP) is 9.43. The minimum Gasteiger partial charge on any atom is -0.493 e. The van der Waals surface area contributed by atoms with Crippen LogP contribution in [0, 0.1) is 0 Å². The molecule has 2 nitrogen and oxygen atoms in total. The summed E-state index contributed by atoms with van der Waals surface area (Å²) in [5.74, 6) is 1.50. The topological polar surface area (TPSA) is 18.5 Å². The van der Waals surface area contributed by atoms with E-state index >= 15 is 0 Å². The number of benzene rings is 2. The Morgan fingerprint density at radius 2 is 0.727 bits per heavy atom. The molecule has 0 aliphatic carbocycles. The van der Waals surface area contributed by atoms with Gasteiger partial charge in [-0.25, -0.2) is 0 Å². The molecule has 2 aromatic rings. The molecule has 0 bridgehead atoms. The van der Waals surface area contributed by atoms with Crippen LogP contribution in [0.1, 0.15) is 84.1 Å². The molecule has 0 unspecified atom stereocenters. The third-order valence-electron chi connectivity index (χ3n) is 5.39. The summed E-state index contributed by atoms with van der Waals surface area (Å²) in [6, 6.07) is 12.0. The number of hydrogen-bond donors (Lipinski definition) is 0. The zero-order chi connectivity index (χ0) is 25.2. The fraction of sp³-hybridized carbons (Fsp3) is 0.556. The standard InChI is InChI=1S/C27H36Cl4O2/c1-24(2,28)18-12-19(25(3,4)29)15-22(14-18)32-10-9-11-33-23-16-20(26(5,6)30)13-21(17-23)27(7,8)31/h12-17H,9-11H2,1-8H3. The molecule has 184 valence electrons. The SMILES string of the molecule is CC(C)(Cl)c1cc(OCCCOc2cc(C(C)(C)Cl)cc(C(C)(C)Cl)c2)cc(C(C)(C)Cl)c1. The van der Waals surface area contributed by atoms with Crippen LogP contribution in [-0.2, 0) is 19.5 Å². The minimum atomic E-state index is -0.519. The zero-order valence-corrected chi connectivity index (χ0v) is 23.9. The van der Waals surface area contributed by atoms with Gasteiger partial charge < -0.3 is 9.47 Å². The highest BCUT2D eigenvalue weighted by Gasteiger charge is 2.25. The van der Waals surface area contributed by atoms with Crippen molar-refractivity contribution in [1.82, 2.24) is 0 Å². The van der Waals surface area contributed by atoms with E-state index in [1.54, 1.807) is 0 Å². The molecule has 0 fully saturated rings. The summed E-state index contributed by atoms with van der Waals surface area (Å²) >= 11 is 26.2. The van der Waals surface area contributed by atoms with Gasteiger partial charge in [0.25, 0.3) is 0 Å². The van der Waals surface area contributed by atoms with Crippen LogP contribution < -0.4 is 9.47 Å². The molecule has 2 aromatic carbocycles. The van der Waals surface area contributed by atoms with Crippen molar-refractivity contribution in [2.45, 2.75) is 81.3 Å². The van der Waals surface area contributed by atoms with Crippen molar-refractivity contribution in [3.05, 3.63) is 58.7 Å². The van der Waals surface area contributed by atoms with Crippen LogP contribution in [0.15, 0.2) is 36.4 Å². The first-order chi connectivity index (χ1) is 14.9. The third-order valence-corrected chi connectivity index (χ3v) is 6.26. The van der Waals surface area contributed by atoms with Crippen LogP contribution in [-0.4, -0.2) is 13.2 Å². The van der Waals surface area contributed by atoms with E-state index in [4.69, 9.17) is 55.9 Å². The number of rotatable bonds is 10. The summed E-state index contributed by atoms with van der Waals surface area (Å²) in [4.78, 5) is -2.08. The largest absolute Gasteiger partial charge is 0.493 e. The highest BCUT2D eigenvalue weighted by Crippen LogP contribution is 2.38. The van der Waals surface area contributed by atoms with Crippen LogP contribution in [0.25, 0.3) is 0 Å². The number of alkyl halides is 4. The molecule has 0 amide bonds. The Morgan fingerprint density at radius 3 is 0.939 bits per heavy atom. The van der Waals surface area contributed by atoms with E-state index in [2.05, 4.69) is 0 Å². The van der Waals surface area contributed by atoms with E-state index in [1.807, 2.05) is 91.8 Å². The van der Waals surface area contributed by atoms with Crippen molar-refractivity contribution in [2.75, 3.05) is 13.2 Å². The molecule has 0 saturated carbocycles. The van der Waals surface area contributed by atoms with Gasteiger partial charge in [0.15, 0.2) is 0 Å². The Balaban J connectivity index is 2.07. The summed E-state index contributed by atoms with van der Waals surface area (Å²) in [6.45, 7) is 16.7. The molecule has 0 atom stereocenters. The molecule has 0 aliphatic rings. The maximum atomic E-state index is 6.56. The van der Waals surface area contributed by atoms with Crippen LogP contribution in [0.3, 0.4) is 0 Å². The summed E-state index contributed by atoms with van der Waals surface area (Å²) in [7, 11) is 0. The van der Waals surface area contributed by atoms with Gasteiger partial charge in [-0.05, 0) is 102 Å². The Labute approximate surface area is 219 Å². The van der Waals surface area contributed by atoms with Gasteiger partial charge in [-0.2, -0.15) is 0 Å². The maximum absolute atomic E-state index is 6.56. The smallest absolute Gasteiger partial charge is 0.119 e. The lowest BCUT2D eigenvalue weighted by Crippen LogP contribution is -2.14. The Hall–Kier alpha value is -0.800. The van der Waals surface area contributed by atoms with Gasteiger partial charge in [-0.3, -0.25) is 0 Å². The van der Waals surface area contributed by atoms with Crippen LogP contribution in [0.4, 0.5) is 0 Å². The van der Waals surface area contributed by atoms with E-state index < -0.39 is 19.5 Å². The van der Waals surface area contributed by atoms with Crippen LogP contribution in [0.2, 0.25) is 0 Å². The first-order valence-electron chi connectivity index (χ1n) is 11.2. The van der Waals surface area contributed by atoms with Gasteiger partial charge in [-0.1, -0.05) is 12.1 Å². The van der Waals surface area contributed by atoms with E-state index in [0.717, 1.165) is 33.8 Å². The van der Waals surface area contributed by atoms with Gasteiger partial charge in [0.1, 0.15) is 11.5 Å². The van der Waals surface area contributed by atoms with Gasteiger partial charge in [0.2, 0.25) is 0 Å². The van der Waals surface area contributed by atoms with Crippen LogP contribution >= 0.6 is 46.4 Å². The van der Waals surface area contributed by atoms with Crippen molar-refractivity contribution in [3.63, 3.8) is 0 Å². The Morgan fingerprint density at radius 1 is 0.485 bits per heavy atom. The second-order valence-corrected chi connectivity index (χ2v) is 14.2. The number of halogens is 4. The zero-order valence-electron chi connectivity index (χ0n) is 20.9. The van der Waals surface area contributed by atoms with Gasteiger partial charge in [-0.15, -0.1) is 46.4 Å². The van der Waals surface area contributed by atoms with E-state index in [0.29, 0.717) is 19.6 Å². The van der Waals surface area contributed by atoms with Crippen molar-refractivity contribution < 1.29 is 9.47 Å². The first kappa shape index (κ1) is 28.4. The number of ether oxygens (including phenoxy) is 2. The fourth-order valence-corrected chi connectivity index (χ4v) is 3.61. The summed E-state index contributed by atoms with van der Waals surface area (Å²) < 4.78 is 12.1. The van der Waals surface area contributed by atoms with Crippen molar-refractivity contribution in [1.29, 1.82) is 0 Å². The monoisotopic (exact) mass is 532 g/mol. The molecule has 0 aromatic heterocycles. The van der Waals surface area contributed by atoms with Crippen molar-refractivity contribution >= 4 is 46.4 Å². The molecule has 2 rings (SSSR count). The van der Waals surface area contributed by atoms with Crippen molar-refractivity contribution in [3.8, 4) is 11.5 Å². The molecule has 0 spiro atoms. The summed E-state index contributed by atoms with van der Waals surface area (Å²) in [5, 5.41) is 0. The predicted molar refractivity (Wildman–Crippen MR) is 144 cm³/mol. The highest BCUT2D eigenvalue weighted by atomic mass is 35.5. The molecule has 0 saturated heterocycles. The molecular formula is C27H36Cl4O2. The molecular weight excluding hydrogens is 498 g/mol. The third kappa shape index (κ3) is 8.73. The van der Waals surface area contributed by atoms with E-state index in [9.17, 15) is 0 Å². The quantitative estimate of drug-likeness (QED) is 0.223. The molecule has 0 aliphatic heterocycles. The van der Waals surface area contributed by atoms with E-state index in [-0.39, 0.29) is 0 Å². The lowest BCUT2D eigenvalue weighted by Gasteiger charge is -2.24. The van der Waals surface area contributed by atoms with Gasteiger partial charge in [0, 0.05) is 6.42 Å². The first-order valence-corrected chi connectivity index (χ1v) is 12.7. The lowest BCUT2D eigenvalue weighted by molar-refractivity contribution is 0.246. The van der Waals surface area contributed by atoms with Crippen molar-refractivity contribution in [2.24, 2.45) is 0 Å². The molecule has 0 heterocycles. The Bertz CT molecular complexity index is 801. The van der Waals surface area contributed by atoms with E-state index in [1.165, 1.54) is 0 Å². The average molecular weight is 534 g/mol. The second-order valence-electron chi connectivity index (χ2n) is 10.4. The van der Waals surface area contributed by atoms with Crippen LogP contribution in [0.5, 0.6) is 11.5 Å². The fourth-order valence-electron chi connectivity index (χ4n) is 3.18. The maximum Gasteiger partial charge on any atom is 0.119 e. The molecule has 0 N–H and O–H groups in total. The van der Waals surface area contributed by atoms with Gasteiger partial charge >= 0.3 is 0 Å². The lowest BCUT2D eigenvalue weighted by atomic mass is 9.94. The molecule has 0 radical (unpaired) electrons. The minimum absolute atomic E-state index is 0.503. The molecule has 6 heteroatoms. The normalized spacial score (nSPS) is 13.2.